The molecule has 4 nitrogen and oxygen atoms in total. The Kier molecular flexibility index (Phi) is 5.60. The molecule has 94 valence electrons. The molecule has 2 amide bonds. The molecule has 0 aromatic rings. The molecule has 0 aromatic heterocycles. The summed E-state index contributed by atoms with van der Waals surface area (Å²) < 4.78 is 0. The molecule has 1 saturated heterocycles. The highest BCUT2D eigenvalue weighted by Crippen LogP contribution is 2.13. The molecule has 0 bridgehead atoms. The molecule has 4 heteroatoms. The van der Waals surface area contributed by atoms with E-state index in [0.717, 1.165) is 39.0 Å². The molecule has 16 heavy (non-hydrogen) atoms. The van der Waals surface area contributed by atoms with E-state index in [-0.39, 0.29) is 6.03 Å². The molecule has 0 saturated carbocycles. The van der Waals surface area contributed by atoms with Gasteiger partial charge in [0, 0.05) is 32.7 Å². The van der Waals surface area contributed by atoms with E-state index in [1.165, 1.54) is 6.42 Å². The zero-order chi connectivity index (χ0) is 12.0. The Labute approximate surface area is 99.0 Å². The highest BCUT2D eigenvalue weighted by atomic mass is 16.2. The normalized spacial score (nSPS) is 20.6. The van der Waals surface area contributed by atoms with Crippen LogP contribution in [0.2, 0.25) is 0 Å². The van der Waals surface area contributed by atoms with E-state index in [1.54, 1.807) is 4.90 Å². The first-order valence-corrected chi connectivity index (χ1v) is 6.43. The van der Waals surface area contributed by atoms with Gasteiger partial charge in [-0.3, -0.25) is 0 Å². The van der Waals surface area contributed by atoms with Crippen LogP contribution in [0.15, 0.2) is 0 Å². The van der Waals surface area contributed by atoms with Crippen molar-refractivity contribution in [2.45, 2.75) is 39.2 Å². The van der Waals surface area contributed by atoms with Crippen molar-refractivity contribution in [3.05, 3.63) is 0 Å². The molecule has 1 fully saturated rings. The van der Waals surface area contributed by atoms with Crippen LogP contribution in [0.3, 0.4) is 0 Å². The summed E-state index contributed by atoms with van der Waals surface area (Å²) in [5.41, 5.74) is 0. The zero-order valence-corrected chi connectivity index (χ0v) is 10.8. The van der Waals surface area contributed by atoms with Gasteiger partial charge in [-0.15, -0.1) is 0 Å². The molecular formula is C12H25N3O. The lowest BCUT2D eigenvalue weighted by molar-refractivity contribution is 0.133. The van der Waals surface area contributed by atoms with Gasteiger partial charge in [0.25, 0.3) is 0 Å². The average molecular weight is 227 g/mol. The average Bonchev–Trinajstić information content (AvgIpc) is 2.35. The molecule has 0 radical (unpaired) electrons. The number of nitrogens with one attached hydrogen (secondary N) is 1. The summed E-state index contributed by atoms with van der Waals surface area (Å²) >= 11 is 0. The van der Waals surface area contributed by atoms with Crippen LogP contribution < -0.4 is 5.32 Å². The predicted octanol–water partition coefficient (Wildman–Crippen LogP) is 1.52. The first-order chi connectivity index (χ1) is 7.70. The van der Waals surface area contributed by atoms with Crippen LogP contribution in [-0.4, -0.2) is 55.1 Å². The number of nitrogens with zero attached hydrogens (tertiary/aromatic N) is 2. The van der Waals surface area contributed by atoms with Crippen molar-refractivity contribution >= 4 is 6.03 Å². The van der Waals surface area contributed by atoms with Gasteiger partial charge in [0.1, 0.15) is 0 Å². The molecule has 0 aliphatic carbocycles. The van der Waals surface area contributed by atoms with Crippen LogP contribution >= 0.6 is 0 Å². The highest BCUT2D eigenvalue weighted by molar-refractivity contribution is 5.74. The van der Waals surface area contributed by atoms with Crippen molar-refractivity contribution in [2.75, 3.05) is 33.2 Å². The second kappa shape index (κ2) is 6.74. The van der Waals surface area contributed by atoms with Crippen molar-refractivity contribution in [3.8, 4) is 0 Å². The highest BCUT2D eigenvalue weighted by Gasteiger charge is 2.26. The summed E-state index contributed by atoms with van der Waals surface area (Å²) in [4.78, 5) is 16.0. The van der Waals surface area contributed by atoms with Crippen molar-refractivity contribution in [1.82, 2.24) is 15.1 Å². The first-order valence-electron chi connectivity index (χ1n) is 6.43. The third-order valence-electron chi connectivity index (χ3n) is 3.22. The minimum Gasteiger partial charge on any atom is -0.328 e. The Morgan fingerprint density at radius 2 is 2.19 bits per heavy atom. The zero-order valence-electron chi connectivity index (χ0n) is 10.8. The van der Waals surface area contributed by atoms with Crippen molar-refractivity contribution in [1.29, 1.82) is 0 Å². The monoisotopic (exact) mass is 227 g/mol. The molecule has 1 N–H and O–H groups in total. The van der Waals surface area contributed by atoms with Crippen LogP contribution in [0.25, 0.3) is 0 Å². The first kappa shape index (κ1) is 13.3. The van der Waals surface area contributed by atoms with Crippen LogP contribution in [0.4, 0.5) is 4.79 Å². The van der Waals surface area contributed by atoms with E-state index in [4.69, 9.17) is 0 Å². The molecule has 0 aromatic carbocycles. The Morgan fingerprint density at radius 1 is 1.44 bits per heavy atom. The van der Waals surface area contributed by atoms with Crippen LogP contribution in [0.1, 0.15) is 33.1 Å². The van der Waals surface area contributed by atoms with Gasteiger partial charge >= 0.3 is 6.03 Å². The Morgan fingerprint density at radius 3 is 2.69 bits per heavy atom. The Balaban J connectivity index is 2.60. The maximum Gasteiger partial charge on any atom is 0.320 e. The second-order valence-electron chi connectivity index (χ2n) is 4.49. The van der Waals surface area contributed by atoms with Gasteiger partial charge in [0.05, 0.1) is 0 Å². The number of amides is 2. The summed E-state index contributed by atoms with van der Waals surface area (Å²) in [5, 5.41) is 3.37. The summed E-state index contributed by atoms with van der Waals surface area (Å²) in [7, 11) is 1.88. The maximum atomic E-state index is 12.2. The van der Waals surface area contributed by atoms with Gasteiger partial charge in [-0.25, -0.2) is 4.79 Å². The quantitative estimate of drug-likeness (QED) is 0.790. The number of hydrogen-bond acceptors (Lipinski definition) is 2. The molecule has 1 heterocycles. The number of rotatable bonds is 4. The molecule has 1 aliphatic rings. The van der Waals surface area contributed by atoms with Crippen LogP contribution in [-0.2, 0) is 0 Å². The lowest BCUT2D eigenvalue weighted by Gasteiger charge is -2.36. The van der Waals surface area contributed by atoms with Crippen molar-refractivity contribution in [2.24, 2.45) is 0 Å². The number of piperidine rings is 1. The fourth-order valence-electron chi connectivity index (χ4n) is 2.13. The van der Waals surface area contributed by atoms with E-state index in [1.807, 2.05) is 18.9 Å². The van der Waals surface area contributed by atoms with Gasteiger partial charge in [-0.2, -0.15) is 0 Å². The van der Waals surface area contributed by atoms with Crippen LogP contribution in [0, 0.1) is 0 Å². The molecule has 1 atom stereocenters. The molecule has 1 unspecified atom stereocenters. The number of carbonyl (C=O) groups excluding carboxylic acids is 1. The van der Waals surface area contributed by atoms with Crippen molar-refractivity contribution in [3.63, 3.8) is 0 Å². The Bertz CT molecular complexity index is 214. The van der Waals surface area contributed by atoms with Crippen LogP contribution in [0.5, 0.6) is 0 Å². The number of carbonyl (C=O) groups is 1. The third-order valence-corrected chi connectivity index (χ3v) is 3.22. The molecule has 1 rings (SSSR count). The summed E-state index contributed by atoms with van der Waals surface area (Å²) in [6.07, 6.45) is 3.34. The van der Waals surface area contributed by atoms with Gasteiger partial charge < -0.3 is 15.1 Å². The minimum atomic E-state index is 0.179. The molecule has 0 spiro atoms. The SMILES string of the molecule is CCCN(C(=O)N(C)CC)C1CCCNC1. The van der Waals surface area contributed by atoms with E-state index in [2.05, 4.69) is 12.2 Å². The second-order valence-corrected chi connectivity index (χ2v) is 4.49. The summed E-state index contributed by atoms with van der Waals surface area (Å²) in [5.74, 6) is 0. The third kappa shape index (κ3) is 3.37. The minimum absolute atomic E-state index is 0.179. The number of urea groups is 1. The van der Waals surface area contributed by atoms with E-state index in [9.17, 15) is 4.79 Å². The van der Waals surface area contributed by atoms with Crippen molar-refractivity contribution < 1.29 is 4.79 Å². The van der Waals surface area contributed by atoms with E-state index < -0.39 is 0 Å². The fraction of sp³-hybridized carbons (Fsp3) is 0.917. The summed E-state index contributed by atoms with van der Waals surface area (Å²) in [6.45, 7) is 7.83. The van der Waals surface area contributed by atoms with E-state index >= 15 is 0 Å². The smallest absolute Gasteiger partial charge is 0.320 e. The maximum absolute atomic E-state index is 12.2. The standard InChI is InChI=1S/C12H25N3O/c1-4-9-15(12(16)14(3)5-2)11-7-6-8-13-10-11/h11,13H,4-10H2,1-3H3. The Hall–Kier alpha value is -0.770. The molecule has 1 aliphatic heterocycles. The lowest BCUT2D eigenvalue weighted by atomic mass is 10.1. The van der Waals surface area contributed by atoms with Gasteiger partial charge in [-0.05, 0) is 32.7 Å². The predicted molar refractivity (Wildman–Crippen MR) is 66.6 cm³/mol. The topological polar surface area (TPSA) is 35.6 Å². The lowest BCUT2D eigenvalue weighted by Crippen LogP contribution is -2.52. The van der Waals surface area contributed by atoms with Gasteiger partial charge in [-0.1, -0.05) is 6.92 Å². The van der Waals surface area contributed by atoms with Gasteiger partial charge in [0.15, 0.2) is 0 Å². The fourth-order valence-corrected chi connectivity index (χ4v) is 2.13. The summed E-state index contributed by atoms with van der Waals surface area (Å²) in [6, 6.07) is 0.563. The largest absolute Gasteiger partial charge is 0.328 e. The molecular weight excluding hydrogens is 202 g/mol. The number of hydrogen-bond donors (Lipinski definition) is 1. The van der Waals surface area contributed by atoms with E-state index in [0.29, 0.717) is 6.04 Å². The van der Waals surface area contributed by atoms with Gasteiger partial charge in [0.2, 0.25) is 0 Å².